The molecular weight excluding hydrogens is 322 g/mol. The molecule has 21 heavy (non-hydrogen) atoms. The van der Waals surface area contributed by atoms with Crippen LogP contribution in [-0.4, -0.2) is 43.9 Å². The summed E-state index contributed by atoms with van der Waals surface area (Å²) in [6.07, 6.45) is 0.948. The van der Waals surface area contributed by atoms with E-state index in [2.05, 4.69) is 54.7 Å². The number of aryl methyl sites for hydroxylation is 2. The molecule has 1 aliphatic rings. The monoisotopic (exact) mass is 347 g/mol. The maximum absolute atomic E-state index is 6.43. The van der Waals surface area contributed by atoms with Gasteiger partial charge in [0.25, 0.3) is 0 Å². The third-order valence-electron chi connectivity index (χ3n) is 4.16. The van der Waals surface area contributed by atoms with Gasteiger partial charge in [-0.3, -0.25) is 4.68 Å². The molecule has 120 valence electrons. The number of likely N-dealkylation sites (N-methyl/N-ethyl adjacent to an activating group) is 1. The van der Waals surface area contributed by atoms with Crippen LogP contribution in [-0.2, 0) is 13.5 Å². The lowest BCUT2D eigenvalue weighted by Gasteiger charge is -2.36. The number of hydrogen-bond acceptors (Lipinski definition) is 4. The van der Waals surface area contributed by atoms with E-state index >= 15 is 0 Å². The van der Waals surface area contributed by atoms with E-state index in [4.69, 9.17) is 11.6 Å². The summed E-state index contributed by atoms with van der Waals surface area (Å²) < 4.78 is 1.94. The summed E-state index contributed by atoms with van der Waals surface area (Å²) in [6, 6.07) is 0.453. The van der Waals surface area contributed by atoms with E-state index in [9.17, 15) is 0 Å². The first-order valence-corrected chi connectivity index (χ1v) is 9.99. The summed E-state index contributed by atoms with van der Waals surface area (Å²) in [6.45, 7) is 9.82. The second kappa shape index (κ2) is 7.62. The van der Waals surface area contributed by atoms with Gasteiger partial charge in [0.1, 0.15) is 0 Å². The van der Waals surface area contributed by atoms with E-state index in [1.54, 1.807) is 0 Å². The second-order valence-corrected chi connectivity index (χ2v) is 9.17. The average Bonchev–Trinajstić information content (AvgIpc) is 2.68. The van der Waals surface area contributed by atoms with Gasteiger partial charge in [0.2, 0.25) is 0 Å². The summed E-state index contributed by atoms with van der Waals surface area (Å²) in [5.41, 5.74) is 2.08. The molecule has 1 aliphatic heterocycles. The average molecular weight is 348 g/mol. The van der Waals surface area contributed by atoms with Crippen LogP contribution in [0.1, 0.15) is 32.2 Å². The Morgan fingerprint density at radius 1 is 1.43 bits per heavy atom. The fourth-order valence-corrected chi connectivity index (χ4v) is 6.09. The third kappa shape index (κ3) is 4.12. The van der Waals surface area contributed by atoms with Gasteiger partial charge in [0.05, 0.1) is 16.4 Å². The van der Waals surface area contributed by atoms with Crippen molar-refractivity contribution in [2.45, 2.75) is 55.9 Å². The van der Waals surface area contributed by atoms with Crippen LogP contribution in [0.25, 0.3) is 0 Å². The van der Waals surface area contributed by atoms with E-state index in [1.807, 2.05) is 18.7 Å². The van der Waals surface area contributed by atoms with Gasteiger partial charge in [-0.05, 0) is 13.5 Å². The molecule has 1 aromatic rings. The molecule has 1 N–H and O–H groups in total. The Balaban J connectivity index is 2.12. The Morgan fingerprint density at radius 3 is 2.67 bits per heavy atom. The smallest absolute Gasteiger partial charge is 0.0847 e. The Labute approximate surface area is 142 Å². The van der Waals surface area contributed by atoms with Gasteiger partial charge in [0, 0.05) is 41.0 Å². The van der Waals surface area contributed by atoms with E-state index < -0.39 is 0 Å². The SMILES string of the molecule is CCNC(Cc1c(Cl)c(C)nn1C)C1CSC(C)C(C)S1. The predicted molar refractivity (Wildman–Crippen MR) is 96.9 cm³/mol. The van der Waals surface area contributed by atoms with Crippen LogP contribution < -0.4 is 5.32 Å². The number of thioether (sulfide) groups is 2. The molecule has 3 nitrogen and oxygen atoms in total. The Morgan fingerprint density at radius 2 is 2.14 bits per heavy atom. The van der Waals surface area contributed by atoms with Crippen LogP contribution >= 0.6 is 35.1 Å². The van der Waals surface area contributed by atoms with E-state index in [0.717, 1.165) is 34.6 Å². The molecule has 0 amide bonds. The summed E-state index contributed by atoms with van der Waals surface area (Å²) in [5, 5.41) is 11.0. The summed E-state index contributed by atoms with van der Waals surface area (Å²) in [5.74, 6) is 1.21. The molecule has 2 heterocycles. The van der Waals surface area contributed by atoms with Gasteiger partial charge in [-0.1, -0.05) is 32.4 Å². The number of halogens is 1. The van der Waals surface area contributed by atoms with Crippen molar-refractivity contribution < 1.29 is 0 Å². The lowest BCUT2D eigenvalue weighted by molar-refractivity contribution is 0.503. The second-order valence-electron chi connectivity index (χ2n) is 5.76. The quantitative estimate of drug-likeness (QED) is 0.882. The fraction of sp³-hybridized carbons (Fsp3) is 0.800. The van der Waals surface area contributed by atoms with Crippen molar-refractivity contribution in [1.29, 1.82) is 0 Å². The van der Waals surface area contributed by atoms with Gasteiger partial charge >= 0.3 is 0 Å². The number of nitrogens with zero attached hydrogens (tertiary/aromatic N) is 2. The molecule has 6 heteroatoms. The minimum atomic E-state index is 0.453. The highest BCUT2D eigenvalue weighted by Crippen LogP contribution is 2.38. The zero-order valence-corrected chi connectivity index (χ0v) is 15.9. The van der Waals surface area contributed by atoms with Crippen molar-refractivity contribution in [2.75, 3.05) is 12.3 Å². The van der Waals surface area contributed by atoms with Crippen LogP contribution in [0, 0.1) is 6.92 Å². The lowest BCUT2D eigenvalue weighted by atomic mass is 10.1. The molecular formula is C15H26ClN3S2. The Kier molecular flexibility index (Phi) is 6.36. The highest BCUT2D eigenvalue weighted by molar-refractivity contribution is 8.07. The Hall–Kier alpha value is 0.160. The molecule has 4 atom stereocenters. The summed E-state index contributed by atoms with van der Waals surface area (Å²) in [7, 11) is 1.99. The number of aromatic nitrogens is 2. The minimum absolute atomic E-state index is 0.453. The first kappa shape index (κ1) is 17.5. The molecule has 2 rings (SSSR count). The maximum atomic E-state index is 6.43. The third-order valence-corrected chi connectivity index (χ3v) is 8.21. The summed E-state index contributed by atoms with van der Waals surface area (Å²) >= 11 is 10.6. The standard InChI is InChI=1S/C15H26ClN3S2/c1-6-17-12(14-8-20-10(3)11(4)21-14)7-13-15(16)9(2)18-19(13)5/h10-12,14,17H,6-8H2,1-5H3. The molecule has 0 spiro atoms. The van der Waals surface area contributed by atoms with Crippen LogP contribution in [0.3, 0.4) is 0 Å². The van der Waals surface area contributed by atoms with Gasteiger partial charge in [-0.15, -0.1) is 0 Å². The highest BCUT2D eigenvalue weighted by Gasteiger charge is 2.32. The molecule has 0 aliphatic carbocycles. The number of hydrogen-bond donors (Lipinski definition) is 1. The van der Waals surface area contributed by atoms with Crippen molar-refractivity contribution in [3.63, 3.8) is 0 Å². The number of nitrogens with one attached hydrogen (secondary N) is 1. The van der Waals surface area contributed by atoms with Crippen LogP contribution in [0.2, 0.25) is 5.02 Å². The molecule has 1 fully saturated rings. The largest absolute Gasteiger partial charge is 0.313 e. The van der Waals surface area contributed by atoms with Crippen LogP contribution in [0.5, 0.6) is 0 Å². The van der Waals surface area contributed by atoms with Crippen molar-refractivity contribution in [3.8, 4) is 0 Å². The van der Waals surface area contributed by atoms with E-state index in [0.29, 0.717) is 16.5 Å². The zero-order chi connectivity index (χ0) is 15.6. The topological polar surface area (TPSA) is 29.9 Å². The van der Waals surface area contributed by atoms with Gasteiger partial charge < -0.3 is 5.32 Å². The first-order valence-electron chi connectivity index (χ1n) is 7.62. The van der Waals surface area contributed by atoms with Crippen molar-refractivity contribution in [2.24, 2.45) is 7.05 Å². The van der Waals surface area contributed by atoms with Crippen molar-refractivity contribution >= 4 is 35.1 Å². The predicted octanol–water partition coefficient (Wildman–Crippen LogP) is 3.53. The lowest BCUT2D eigenvalue weighted by Crippen LogP contribution is -2.45. The molecule has 1 aromatic heterocycles. The fourth-order valence-electron chi connectivity index (χ4n) is 2.73. The molecule has 4 unspecified atom stereocenters. The van der Waals surface area contributed by atoms with Crippen LogP contribution in [0.15, 0.2) is 0 Å². The molecule has 0 aromatic carbocycles. The van der Waals surface area contributed by atoms with Crippen LogP contribution in [0.4, 0.5) is 0 Å². The van der Waals surface area contributed by atoms with E-state index in [-0.39, 0.29) is 0 Å². The van der Waals surface area contributed by atoms with Crippen molar-refractivity contribution in [1.82, 2.24) is 15.1 Å². The van der Waals surface area contributed by atoms with Crippen molar-refractivity contribution in [3.05, 3.63) is 16.4 Å². The molecule has 0 radical (unpaired) electrons. The molecule has 0 bridgehead atoms. The van der Waals surface area contributed by atoms with Gasteiger partial charge in [0.15, 0.2) is 0 Å². The van der Waals surface area contributed by atoms with E-state index in [1.165, 1.54) is 5.75 Å². The number of rotatable bonds is 5. The van der Waals surface area contributed by atoms with Gasteiger partial charge in [-0.2, -0.15) is 28.6 Å². The van der Waals surface area contributed by atoms with Gasteiger partial charge in [-0.25, -0.2) is 0 Å². The summed E-state index contributed by atoms with van der Waals surface area (Å²) in [4.78, 5) is 0. The maximum Gasteiger partial charge on any atom is 0.0847 e. The minimum Gasteiger partial charge on any atom is -0.313 e. The Bertz CT molecular complexity index is 478. The highest BCUT2D eigenvalue weighted by atomic mass is 35.5. The molecule has 0 saturated carbocycles. The zero-order valence-electron chi connectivity index (χ0n) is 13.5. The first-order chi connectivity index (χ1) is 9.93. The molecule has 1 saturated heterocycles. The normalized spacial score (nSPS) is 27.8.